The van der Waals surface area contributed by atoms with Crippen LogP contribution in [0.5, 0.6) is 0 Å². The summed E-state index contributed by atoms with van der Waals surface area (Å²) in [5, 5.41) is 9.55. The standard InChI is InChI=1S/C18H18FN3O3.C2H6/c1-12-2-3-14(15(19)8-12)11-22-16(18(24)21-25-7-6-23)9-13-4-5-20-10-17(13)22;1-2/h2-5,8-10,23H,6-7,11H2,1H3,(H,21,24);1-2H3. The van der Waals surface area contributed by atoms with Gasteiger partial charge in [-0.2, -0.15) is 0 Å². The second kappa shape index (κ2) is 9.80. The minimum atomic E-state index is -0.475. The Hall–Kier alpha value is -2.77. The van der Waals surface area contributed by atoms with Gasteiger partial charge in [-0.3, -0.25) is 14.6 Å². The van der Waals surface area contributed by atoms with Crippen LogP contribution >= 0.6 is 0 Å². The lowest BCUT2D eigenvalue weighted by molar-refractivity contribution is 0.0162. The average molecular weight is 373 g/mol. The van der Waals surface area contributed by atoms with Crippen LogP contribution in [0.15, 0.2) is 42.7 Å². The van der Waals surface area contributed by atoms with Gasteiger partial charge >= 0.3 is 0 Å². The highest BCUT2D eigenvalue weighted by molar-refractivity contribution is 5.98. The fraction of sp³-hybridized carbons (Fsp3) is 0.300. The summed E-state index contributed by atoms with van der Waals surface area (Å²) in [5.74, 6) is -0.800. The Morgan fingerprint density at radius 3 is 2.78 bits per heavy atom. The number of carbonyl (C=O) groups is 1. The first-order chi connectivity index (χ1) is 13.1. The minimum absolute atomic E-state index is 0.0138. The largest absolute Gasteiger partial charge is 0.394 e. The third-order valence-corrected chi connectivity index (χ3v) is 3.83. The molecular formula is C20H24FN3O3. The average Bonchev–Trinajstić information content (AvgIpc) is 3.04. The molecule has 0 spiro atoms. The van der Waals surface area contributed by atoms with Crippen molar-refractivity contribution >= 4 is 16.8 Å². The van der Waals surface area contributed by atoms with Crippen molar-refractivity contribution in [1.82, 2.24) is 15.0 Å². The molecule has 3 aromatic rings. The normalized spacial score (nSPS) is 10.4. The summed E-state index contributed by atoms with van der Waals surface area (Å²) >= 11 is 0. The van der Waals surface area contributed by atoms with Crippen LogP contribution in [0.1, 0.15) is 35.5 Å². The summed E-state index contributed by atoms with van der Waals surface area (Å²) in [4.78, 5) is 21.4. The molecule has 0 bridgehead atoms. The van der Waals surface area contributed by atoms with Crippen molar-refractivity contribution in [3.8, 4) is 0 Å². The summed E-state index contributed by atoms with van der Waals surface area (Å²) in [6, 6.07) is 8.47. The maximum atomic E-state index is 14.2. The van der Waals surface area contributed by atoms with E-state index in [4.69, 9.17) is 9.94 Å². The van der Waals surface area contributed by atoms with Gasteiger partial charge in [0.05, 0.1) is 31.5 Å². The van der Waals surface area contributed by atoms with E-state index in [0.717, 1.165) is 16.5 Å². The first kappa shape index (κ1) is 20.5. The van der Waals surface area contributed by atoms with E-state index in [0.29, 0.717) is 11.3 Å². The van der Waals surface area contributed by atoms with Gasteiger partial charge in [-0.05, 0) is 30.7 Å². The van der Waals surface area contributed by atoms with Crippen LogP contribution in [0.4, 0.5) is 4.39 Å². The number of hydroxylamine groups is 1. The lowest BCUT2D eigenvalue weighted by Crippen LogP contribution is -2.27. The summed E-state index contributed by atoms with van der Waals surface area (Å²) in [5.41, 5.74) is 4.61. The molecule has 2 heterocycles. The Labute approximate surface area is 157 Å². The lowest BCUT2D eigenvalue weighted by Gasteiger charge is -2.12. The molecule has 6 nitrogen and oxygen atoms in total. The van der Waals surface area contributed by atoms with Gasteiger partial charge in [-0.15, -0.1) is 0 Å². The molecule has 2 aromatic heterocycles. The van der Waals surface area contributed by atoms with Crippen LogP contribution in [-0.4, -0.2) is 33.8 Å². The van der Waals surface area contributed by atoms with Crippen LogP contribution < -0.4 is 5.48 Å². The van der Waals surface area contributed by atoms with Crippen molar-refractivity contribution < 1.29 is 19.1 Å². The van der Waals surface area contributed by atoms with E-state index < -0.39 is 5.91 Å². The predicted octanol–water partition coefficient (Wildman–Crippen LogP) is 3.21. The molecular weight excluding hydrogens is 349 g/mol. The number of rotatable bonds is 6. The molecule has 0 saturated heterocycles. The number of aryl methyl sites for hydroxylation is 1. The number of aliphatic hydroxyl groups excluding tert-OH is 1. The molecule has 7 heteroatoms. The fourth-order valence-electron chi connectivity index (χ4n) is 2.62. The summed E-state index contributed by atoms with van der Waals surface area (Å²) in [6.07, 6.45) is 3.26. The molecule has 0 aliphatic carbocycles. The molecule has 1 aromatic carbocycles. The van der Waals surface area contributed by atoms with Crippen molar-refractivity contribution in [3.63, 3.8) is 0 Å². The van der Waals surface area contributed by atoms with E-state index in [9.17, 15) is 9.18 Å². The van der Waals surface area contributed by atoms with Crippen LogP contribution in [-0.2, 0) is 11.4 Å². The van der Waals surface area contributed by atoms with E-state index in [1.807, 2.05) is 26.8 Å². The van der Waals surface area contributed by atoms with Crippen LogP contribution in [0, 0.1) is 12.7 Å². The first-order valence-electron chi connectivity index (χ1n) is 8.81. The Morgan fingerprint density at radius 1 is 1.30 bits per heavy atom. The molecule has 0 saturated carbocycles. The summed E-state index contributed by atoms with van der Waals surface area (Å²) in [7, 11) is 0. The number of carbonyl (C=O) groups excluding carboxylic acids is 1. The Morgan fingerprint density at radius 2 is 2.07 bits per heavy atom. The van der Waals surface area contributed by atoms with Gasteiger partial charge < -0.3 is 9.67 Å². The van der Waals surface area contributed by atoms with Crippen molar-refractivity contribution in [2.75, 3.05) is 13.2 Å². The third-order valence-electron chi connectivity index (χ3n) is 3.83. The first-order valence-corrected chi connectivity index (χ1v) is 8.81. The van der Waals surface area contributed by atoms with E-state index in [1.54, 1.807) is 35.2 Å². The number of aliphatic hydroxyl groups is 1. The van der Waals surface area contributed by atoms with Crippen molar-refractivity contribution in [2.45, 2.75) is 27.3 Å². The topological polar surface area (TPSA) is 76.4 Å². The Kier molecular flexibility index (Phi) is 7.45. The number of hydrogen-bond donors (Lipinski definition) is 2. The van der Waals surface area contributed by atoms with Crippen LogP contribution in [0.25, 0.3) is 10.9 Å². The number of amides is 1. The van der Waals surface area contributed by atoms with Gasteiger partial charge in [0.25, 0.3) is 5.91 Å². The van der Waals surface area contributed by atoms with E-state index in [1.165, 1.54) is 6.07 Å². The molecule has 3 rings (SSSR count). The Balaban J connectivity index is 0.00000126. The summed E-state index contributed by atoms with van der Waals surface area (Å²) < 4.78 is 15.9. The molecule has 0 unspecified atom stereocenters. The quantitative estimate of drug-likeness (QED) is 0.514. The monoisotopic (exact) mass is 373 g/mol. The lowest BCUT2D eigenvalue weighted by atomic mass is 10.1. The van der Waals surface area contributed by atoms with E-state index >= 15 is 0 Å². The van der Waals surface area contributed by atoms with Crippen LogP contribution in [0.3, 0.4) is 0 Å². The molecule has 2 N–H and O–H groups in total. The van der Waals surface area contributed by atoms with E-state index in [-0.39, 0.29) is 25.6 Å². The zero-order valence-electron chi connectivity index (χ0n) is 15.7. The highest BCUT2D eigenvalue weighted by atomic mass is 19.1. The number of nitrogens with one attached hydrogen (secondary N) is 1. The zero-order valence-corrected chi connectivity index (χ0v) is 15.7. The summed E-state index contributed by atoms with van der Waals surface area (Å²) in [6.45, 7) is 5.78. The second-order valence-corrected chi connectivity index (χ2v) is 5.65. The van der Waals surface area contributed by atoms with E-state index in [2.05, 4.69) is 10.5 Å². The number of fused-ring (bicyclic) bond motifs is 1. The minimum Gasteiger partial charge on any atom is -0.394 e. The number of hydrogen-bond acceptors (Lipinski definition) is 4. The molecule has 0 radical (unpaired) electrons. The number of nitrogens with zero attached hydrogens (tertiary/aromatic N) is 2. The number of pyridine rings is 1. The number of benzene rings is 1. The Bertz CT molecular complexity index is 909. The molecule has 0 atom stereocenters. The van der Waals surface area contributed by atoms with Crippen molar-refractivity contribution in [3.05, 3.63) is 65.4 Å². The maximum Gasteiger partial charge on any atom is 0.291 e. The molecule has 0 fully saturated rings. The third kappa shape index (κ3) is 4.90. The van der Waals surface area contributed by atoms with Gasteiger partial charge in [0.15, 0.2) is 0 Å². The van der Waals surface area contributed by atoms with Gasteiger partial charge in [-0.25, -0.2) is 9.87 Å². The van der Waals surface area contributed by atoms with Gasteiger partial charge in [-0.1, -0.05) is 26.0 Å². The highest BCUT2D eigenvalue weighted by Crippen LogP contribution is 2.22. The van der Waals surface area contributed by atoms with Crippen molar-refractivity contribution in [1.29, 1.82) is 0 Å². The zero-order chi connectivity index (χ0) is 19.8. The molecule has 144 valence electrons. The molecule has 0 aliphatic heterocycles. The fourth-order valence-corrected chi connectivity index (χ4v) is 2.62. The second-order valence-electron chi connectivity index (χ2n) is 5.65. The SMILES string of the molecule is CC.Cc1ccc(Cn2c(C(=O)NOCCO)cc3ccncc32)c(F)c1. The van der Waals surface area contributed by atoms with Gasteiger partial charge in [0.1, 0.15) is 11.5 Å². The highest BCUT2D eigenvalue weighted by Gasteiger charge is 2.17. The maximum absolute atomic E-state index is 14.2. The van der Waals surface area contributed by atoms with Crippen LogP contribution in [0.2, 0.25) is 0 Å². The molecule has 0 aliphatic rings. The molecule has 27 heavy (non-hydrogen) atoms. The van der Waals surface area contributed by atoms with Gasteiger partial charge in [0, 0.05) is 17.1 Å². The smallest absolute Gasteiger partial charge is 0.291 e. The van der Waals surface area contributed by atoms with Gasteiger partial charge in [0.2, 0.25) is 0 Å². The number of aromatic nitrogens is 2. The van der Waals surface area contributed by atoms with Crippen molar-refractivity contribution in [2.24, 2.45) is 0 Å². The number of halogens is 1. The molecule has 1 amide bonds. The predicted molar refractivity (Wildman–Crippen MR) is 102 cm³/mol.